The van der Waals surface area contributed by atoms with Gasteiger partial charge in [-0.15, -0.1) is 0 Å². The molecule has 0 aromatic heterocycles. The van der Waals surface area contributed by atoms with Crippen LogP contribution in [0, 0.1) is 19.3 Å². The van der Waals surface area contributed by atoms with Gasteiger partial charge in [0, 0.05) is 25.0 Å². The SMILES string of the molecule is Cc1ccccc1CNC(=O)C1(C)CCN(S(=O)(=O)c2ccccc2C)CC1. The normalized spacial score (nSPS) is 17.2. The van der Waals surface area contributed by atoms with Gasteiger partial charge in [0.05, 0.1) is 4.90 Å². The van der Waals surface area contributed by atoms with Crippen LogP contribution in [0.3, 0.4) is 0 Å². The Kier molecular flexibility index (Phi) is 5.91. The van der Waals surface area contributed by atoms with Gasteiger partial charge in [-0.1, -0.05) is 49.4 Å². The first-order valence-corrected chi connectivity index (χ1v) is 11.1. The largest absolute Gasteiger partial charge is 0.352 e. The summed E-state index contributed by atoms with van der Waals surface area (Å²) in [5.41, 5.74) is 2.43. The lowest BCUT2D eigenvalue weighted by Crippen LogP contribution is -2.48. The lowest BCUT2D eigenvalue weighted by atomic mass is 9.80. The van der Waals surface area contributed by atoms with Gasteiger partial charge in [0.25, 0.3) is 0 Å². The number of aryl methyl sites for hydroxylation is 2. The van der Waals surface area contributed by atoms with E-state index in [1.54, 1.807) is 25.1 Å². The summed E-state index contributed by atoms with van der Waals surface area (Å²) in [5.74, 6) is -0.0105. The van der Waals surface area contributed by atoms with Crippen molar-refractivity contribution >= 4 is 15.9 Å². The quantitative estimate of drug-likeness (QED) is 0.836. The Labute approximate surface area is 167 Å². The molecule has 3 rings (SSSR count). The molecule has 2 aromatic carbocycles. The zero-order chi connectivity index (χ0) is 20.4. The molecular formula is C22H28N2O3S. The minimum absolute atomic E-state index is 0.0105. The van der Waals surface area contributed by atoms with Crippen LogP contribution in [-0.2, 0) is 21.4 Å². The molecule has 2 aromatic rings. The molecule has 0 spiro atoms. The van der Waals surface area contributed by atoms with Crippen LogP contribution in [0.15, 0.2) is 53.4 Å². The summed E-state index contributed by atoms with van der Waals surface area (Å²) >= 11 is 0. The molecule has 150 valence electrons. The van der Waals surface area contributed by atoms with E-state index >= 15 is 0 Å². The minimum atomic E-state index is -3.53. The Morgan fingerprint density at radius 2 is 1.57 bits per heavy atom. The van der Waals surface area contributed by atoms with Crippen molar-refractivity contribution in [3.63, 3.8) is 0 Å². The summed E-state index contributed by atoms with van der Waals surface area (Å²) < 4.78 is 27.4. The molecule has 0 unspecified atom stereocenters. The molecule has 1 N–H and O–H groups in total. The summed E-state index contributed by atoms with van der Waals surface area (Å²) in [6, 6.07) is 15.0. The predicted molar refractivity (Wildman–Crippen MR) is 110 cm³/mol. The zero-order valence-electron chi connectivity index (χ0n) is 16.7. The third kappa shape index (κ3) is 4.13. The van der Waals surface area contributed by atoms with Gasteiger partial charge in [0.2, 0.25) is 15.9 Å². The summed E-state index contributed by atoms with van der Waals surface area (Å²) in [5, 5.41) is 3.04. The van der Waals surface area contributed by atoms with Crippen molar-refractivity contribution in [1.82, 2.24) is 9.62 Å². The van der Waals surface area contributed by atoms with Gasteiger partial charge in [0.15, 0.2) is 0 Å². The van der Waals surface area contributed by atoms with Gasteiger partial charge in [0.1, 0.15) is 0 Å². The Morgan fingerprint density at radius 3 is 2.18 bits per heavy atom. The van der Waals surface area contributed by atoms with Crippen molar-refractivity contribution in [1.29, 1.82) is 0 Å². The summed E-state index contributed by atoms with van der Waals surface area (Å²) in [6.07, 6.45) is 1.02. The number of amides is 1. The average molecular weight is 401 g/mol. The minimum Gasteiger partial charge on any atom is -0.352 e. The van der Waals surface area contributed by atoms with E-state index in [1.165, 1.54) is 4.31 Å². The van der Waals surface area contributed by atoms with Crippen LogP contribution in [0.1, 0.15) is 36.5 Å². The Morgan fingerprint density at radius 1 is 1.00 bits per heavy atom. The Balaban J connectivity index is 1.64. The van der Waals surface area contributed by atoms with Crippen LogP contribution >= 0.6 is 0 Å². The van der Waals surface area contributed by atoms with Crippen molar-refractivity contribution in [3.8, 4) is 0 Å². The molecule has 1 aliphatic rings. The van der Waals surface area contributed by atoms with Crippen LogP contribution in [-0.4, -0.2) is 31.7 Å². The number of benzene rings is 2. The first-order valence-electron chi connectivity index (χ1n) is 9.63. The molecule has 6 heteroatoms. The maximum absolute atomic E-state index is 13.0. The fourth-order valence-corrected chi connectivity index (χ4v) is 5.30. The van der Waals surface area contributed by atoms with Crippen LogP contribution in [0.4, 0.5) is 0 Å². The highest BCUT2D eigenvalue weighted by atomic mass is 32.2. The maximum Gasteiger partial charge on any atom is 0.243 e. The molecule has 0 atom stereocenters. The molecule has 1 amide bonds. The topological polar surface area (TPSA) is 66.5 Å². The molecule has 0 bridgehead atoms. The number of carbonyl (C=O) groups excluding carboxylic acids is 1. The van der Waals surface area contributed by atoms with Crippen LogP contribution in [0.2, 0.25) is 0 Å². The second-order valence-electron chi connectivity index (χ2n) is 7.84. The van der Waals surface area contributed by atoms with E-state index < -0.39 is 15.4 Å². The maximum atomic E-state index is 13.0. The van der Waals surface area contributed by atoms with E-state index in [0.29, 0.717) is 37.4 Å². The van der Waals surface area contributed by atoms with E-state index in [-0.39, 0.29) is 5.91 Å². The highest BCUT2D eigenvalue weighted by molar-refractivity contribution is 7.89. The van der Waals surface area contributed by atoms with E-state index in [2.05, 4.69) is 5.32 Å². The first kappa shape index (κ1) is 20.6. The standard InChI is InChI=1S/C22H28N2O3S/c1-17-8-4-6-10-19(17)16-23-21(25)22(3)12-14-24(15-13-22)28(26,27)20-11-7-5-9-18(20)2/h4-11H,12-16H2,1-3H3,(H,23,25). The lowest BCUT2D eigenvalue weighted by molar-refractivity contribution is -0.132. The zero-order valence-corrected chi connectivity index (χ0v) is 17.6. The highest BCUT2D eigenvalue weighted by Crippen LogP contribution is 2.34. The highest BCUT2D eigenvalue weighted by Gasteiger charge is 2.40. The van der Waals surface area contributed by atoms with Crippen molar-refractivity contribution in [2.45, 2.75) is 45.1 Å². The number of sulfonamides is 1. The second kappa shape index (κ2) is 8.05. The number of hydrogen-bond donors (Lipinski definition) is 1. The molecule has 28 heavy (non-hydrogen) atoms. The third-order valence-electron chi connectivity index (χ3n) is 5.79. The van der Waals surface area contributed by atoms with Crippen LogP contribution < -0.4 is 5.32 Å². The van der Waals surface area contributed by atoms with Gasteiger partial charge in [-0.25, -0.2) is 8.42 Å². The molecule has 5 nitrogen and oxygen atoms in total. The van der Waals surface area contributed by atoms with Crippen LogP contribution in [0.5, 0.6) is 0 Å². The molecule has 0 aliphatic carbocycles. The van der Waals surface area contributed by atoms with Gasteiger partial charge < -0.3 is 5.32 Å². The predicted octanol–water partition coefficient (Wildman–Crippen LogP) is 3.41. The summed E-state index contributed by atoms with van der Waals surface area (Å²) in [7, 11) is -3.53. The van der Waals surface area contributed by atoms with E-state index in [1.807, 2.05) is 44.2 Å². The fraction of sp³-hybridized carbons (Fsp3) is 0.409. The number of nitrogens with one attached hydrogen (secondary N) is 1. The fourth-order valence-electron chi connectivity index (χ4n) is 3.63. The van der Waals surface area contributed by atoms with Crippen LogP contribution in [0.25, 0.3) is 0 Å². The average Bonchev–Trinajstić information content (AvgIpc) is 2.67. The molecule has 1 fully saturated rings. The number of rotatable bonds is 5. The smallest absolute Gasteiger partial charge is 0.243 e. The Hall–Kier alpha value is -2.18. The summed E-state index contributed by atoms with van der Waals surface area (Å²) in [4.78, 5) is 13.2. The molecule has 0 radical (unpaired) electrons. The van der Waals surface area contributed by atoms with Crippen molar-refractivity contribution in [2.75, 3.05) is 13.1 Å². The number of carbonyl (C=O) groups is 1. The van der Waals surface area contributed by atoms with Crippen molar-refractivity contribution < 1.29 is 13.2 Å². The monoisotopic (exact) mass is 400 g/mol. The molecular weight excluding hydrogens is 372 g/mol. The van der Waals surface area contributed by atoms with Gasteiger partial charge >= 0.3 is 0 Å². The third-order valence-corrected chi connectivity index (χ3v) is 7.85. The number of hydrogen-bond acceptors (Lipinski definition) is 3. The molecule has 1 aliphatic heterocycles. The lowest BCUT2D eigenvalue weighted by Gasteiger charge is -2.37. The molecule has 1 saturated heterocycles. The molecule has 1 heterocycles. The number of piperidine rings is 1. The first-order chi connectivity index (χ1) is 13.2. The summed E-state index contributed by atoms with van der Waals surface area (Å²) in [6.45, 7) is 6.96. The van der Waals surface area contributed by atoms with Crippen molar-refractivity contribution in [3.05, 3.63) is 65.2 Å². The number of nitrogens with zero attached hydrogens (tertiary/aromatic N) is 1. The van der Waals surface area contributed by atoms with E-state index in [0.717, 1.165) is 16.7 Å². The molecule has 0 saturated carbocycles. The van der Waals surface area contributed by atoms with Gasteiger partial charge in [-0.05, 0) is 49.4 Å². The van der Waals surface area contributed by atoms with Crippen molar-refractivity contribution in [2.24, 2.45) is 5.41 Å². The van der Waals surface area contributed by atoms with Gasteiger partial charge in [-0.3, -0.25) is 4.79 Å². The van der Waals surface area contributed by atoms with E-state index in [4.69, 9.17) is 0 Å². The van der Waals surface area contributed by atoms with E-state index in [9.17, 15) is 13.2 Å². The Bertz CT molecular complexity index is 961. The van der Waals surface area contributed by atoms with Gasteiger partial charge in [-0.2, -0.15) is 4.31 Å². The second-order valence-corrected chi connectivity index (χ2v) is 9.75.